The van der Waals surface area contributed by atoms with Gasteiger partial charge in [0.2, 0.25) is 0 Å². The van der Waals surface area contributed by atoms with E-state index in [1.165, 1.54) is 18.6 Å². The van der Waals surface area contributed by atoms with Gasteiger partial charge in [-0.2, -0.15) is 8.42 Å². The molecule has 0 saturated carbocycles. The molecule has 0 atom stereocenters. The van der Waals surface area contributed by atoms with Gasteiger partial charge in [-0.05, 0) is 25.5 Å². The minimum Gasteiger partial charge on any atom is -0.381 e. The van der Waals surface area contributed by atoms with E-state index in [-0.39, 0.29) is 4.90 Å². The number of hydrogen-bond acceptors (Lipinski definition) is 3. The molecule has 17 heavy (non-hydrogen) atoms. The van der Waals surface area contributed by atoms with Crippen molar-refractivity contribution in [2.24, 2.45) is 5.92 Å². The molecule has 0 aliphatic carbocycles. The smallest absolute Gasteiger partial charge is 0.294 e. The summed E-state index contributed by atoms with van der Waals surface area (Å²) in [6, 6.07) is 5.99. The molecule has 0 spiro atoms. The van der Waals surface area contributed by atoms with E-state index in [4.69, 9.17) is 9.29 Å². The molecule has 0 radical (unpaired) electrons. The third-order valence-electron chi connectivity index (χ3n) is 2.60. The summed E-state index contributed by atoms with van der Waals surface area (Å²) in [4.78, 5) is -0.0666. The van der Waals surface area contributed by atoms with Gasteiger partial charge in [-0.1, -0.05) is 24.6 Å². The topological polar surface area (TPSA) is 63.6 Å². The van der Waals surface area contributed by atoms with Gasteiger partial charge in [0, 0.05) is 5.92 Å². The van der Waals surface area contributed by atoms with E-state index in [1.54, 1.807) is 12.1 Å². The highest BCUT2D eigenvalue weighted by atomic mass is 32.2. The van der Waals surface area contributed by atoms with Gasteiger partial charge in [0.25, 0.3) is 10.1 Å². The number of aryl methyl sites for hydroxylation is 1. The Kier molecular flexibility index (Phi) is 5.11. The van der Waals surface area contributed by atoms with E-state index in [0.29, 0.717) is 0 Å². The summed E-state index contributed by atoms with van der Waals surface area (Å²) in [5, 5.41) is 0. The zero-order chi connectivity index (χ0) is 12.9. The summed E-state index contributed by atoms with van der Waals surface area (Å²) in [6.07, 6.45) is 1.29. The van der Waals surface area contributed by atoms with Crippen molar-refractivity contribution in [2.45, 2.75) is 25.2 Å². The van der Waals surface area contributed by atoms with Crippen molar-refractivity contribution in [2.75, 3.05) is 13.2 Å². The number of benzene rings is 1. The minimum atomic E-state index is -4.02. The van der Waals surface area contributed by atoms with Gasteiger partial charge < -0.3 is 4.74 Å². The van der Waals surface area contributed by atoms with Gasteiger partial charge in [0.15, 0.2) is 0 Å². The summed E-state index contributed by atoms with van der Waals surface area (Å²) >= 11 is 0. The van der Waals surface area contributed by atoms with Gasteiger partial charge in [0.1, 0.15) is 0 Å². The van der Waals surface area contributed by atoms with Crippen LogP contribution in [0.25, 0.3) is 0 Å². The molecule has 96 valence electrons. The van der Waals surface area contributed by atoms with Crippen LogP contribution >= 0.6 is 0 Å². The fourth-order valence-electron chi connectivity index (χ4n) is 1.23. The second-order valence-corrected chi connectivity index (χ2v) is 5.52. The highest BCUT2D eigenvalue weighted by molar-refractivity contribution is 7.85. The maximum absolute atomic E-state index is 10.5. The largest absolute Gasteiger partial charge is 0.381 e. The Labute approximate surface area is 102 Å². The zero-order valence-electron chi connectivity index (χ0n) is 10.1. The highest BCUT2D eigenvalue weighted by Gasteiger charge is 2.14. The molecule has 0 bridgehead atoms. The predicted octanol–water partition coefficient (Wildman–Crippen LogP) is 2.28. The van der Waals surface area contributed by atoms with Crippen LogP contribution in [-0.4, -0.2) is 26.2 Å². The summed E-state index contributed by atoms with van der Waals surface area (Å²) in [7, 11) is -4.02. The van der Waals surface area contributed by atoms with Gasteiger partial charge in [-0.3, -0.25) is 4.55 Å². The molecule has 1 N–H and O–H groups in total. The molecule has 0 amide bonds. The van der Waals surface area contributed by atoms with Crippen molar-refractivity contribution in [1.82, 2.24) is 0 Å². The molecule has 1 aromatic carbocycles. The molecule has 2 rings (SSSR count). The van der Waals surface area contributed by atoms with Crippen LogP contribution < -0.4 is 0 Å². The molecule has 1 aliphatic rings. The van der Waals surface area contributed by atoms with Crippen molar-refractivity contribution in [3.8, 4) is 0 Å². The van der Waals surface area contributed by atoms with Crippen LogP contribution in [0.15, 0.2) is 29.2 Å². The van der Waals surface area contributed by atoms with Gasteiger partial charge in [0.05, 0.1) is 18.1 Å². The Hall–Kier alpha value is -0.910. The van der Waals surface area contributed by atoms with Crippen molar-refractivity contribution in [3.05, 3.63) is 29.8 Å². The van der Waals surface area contributed by atoms with E-state index < -0.39 is 10.1 Å². The van der Waals surface area contributed by atoms with E-state index >= 15 is 0 Å². The lowest BCUT2D eigenvalue weighted by atomic mass is 10.1. The molecular weight excluding hydrogens is 240 g/mol. The monoisotopic (exact) mass is 258 g/mol. The van der Waals surface area contributed by atoms with Gasteiger partial charge >= 0.3 is 0 Å². The Bertz CT molecular complexity index is 429. The first-order chi connectivity index (χ1) is 7.93. The number of rotatable bonds is 2. The van der Waals surface area contributed by atoms with Crippen LogP contribution in [0.4, 0.5) is 0 Å². The quantitative estimate of drug-likeness (QED) is 0.827. The summed E-state index contributed by atoms with van der Waals surface area (Å²) in [5.74, 6) is 0.894. The molecular formula is C12H18O4S. The third-order valence-corrected chi connectivity index (χ3v) is 3.47. The molecule has 1 aromatic rings. The first-order valence-corrected chi connectivity index (χ1v) is 6.99. The minimum absolute atomic E-state index is 0.0666. The van der Waals surface area contributed by atoms with E-state index in [9.17, 15) is 8.42 Å². The predicted molar refractivity (Wildman–Crippen MR) is 65.6 cm³/mol. The molecule has 1 heterocycles. The first kappa shape index (κ1) is 14.2. The second-order valence-electron chi connectivity index (χ2n) is 4.10. The second kappa shape index (κ2) is 6.14. The lowest BCUT2D eigenvalue weighted by molar-refractivity contribution is -0.0331. The summed E-state index contributed by atoms with van der Waals surface area (Å²) in [6.45, 7) is 6.06. The van der Waals surface area contributed by atoms with Crippen LogP contribution in [0.1, 0.15) is 18.9 Å². The van der Waals surface area contributed by atoms with Crippen LogP contribution in [-0.2, 0) is 14.9 Å². The molecule has 1 aliphatic heterocycles. The Morgan fingerprint density at radius 1 is 1.29 bits per heavy atom. The Morgan fingerprint density at radius 2 is 1.82 bits per heavy atom. The standard InChI is InChI=1S/C7H8O3S.C5H10O/c1-6-2-4-7(5-3-6)11(8,9)10;1-2-5-3-6-4-5/h2-5H,1H3,(H,8,9,10);5H,2-4H2,1H3. The van der Waals surface area contributed by atoms with Crippen molar-refractivity contribution in [1.29, 1.82) is 0 Å². The summed E-state index contributed by atoms with van der Waals surface area (Å²) in [5.41, 5.74) is 0.956. The lowest BCUT2D eigenvalue weighted by Crippen LogP contribution is -2.26. The lowest BCUT2D eigenvalue weighted by Gasteiger charge is -2.23. The van der Waals surface area contributed by atoms with Crippen molar-refractivity contribution < 1.29 is 17.7 Å². The molecule has 1 saturated heterocycles. The van der Waals surface area contributed by atoms with Gasteiger partial charge in [-0.15, -0.1) is 0 Å². The van der Waals surface area contributed by atoms with Crippen LogP contribution in [0, 0.1) is 12.8 Å². The van der Waals surface area contributed by atoms with Crippen LogP contribution in [0.5, 0.6) is 0 Å². The normalized spacial score (nSPS) is 15.7. The van der Waals surface area contributed by atoms with Crippen LogP contribution in [0.2, 0.25) is 0 Å². The number of ether oxygens (including phenoxy) is 1. The van der Waals surface area contributed by atoms with Crippen molar-refractivity contribution in [3.63, 3.8) is 0 Å². The van der Waals surface area contributed by atoms with Crippen molar-refractivity contribution >= 4 is 10.1 Å². The molecule has 1 fully saturated rings. The van der Waals surface area contributed by atoms with E-state index in [2.05, 4.69) is 6.92 Å². The fourth-order valence-corrected chi connectivity index (χ4v) is 1.71. The Balaban J connectivity index is 0.000000202. The summed E-state index contributed by atoms with van der Waals surface area (Å²) < 4.78 is 34.5. The molecule has 5 heteroatoms. The first-order valence-electron chi connectivity index (χ1n) is 5.55. The zero-order valence-corrected chi connectivity index (χ0v) is 10.9. The van der Waals surface area contributed by atoms with Crippen LogP contribution in [0.3, 0.4) is 0 Å². The van der Waals surface area contributed by atoms with Gasteiger partial charge in [-0.25, -0.2) is 0 Å². The molecule has 4 nitrogen and oxygen atoms in total. The average Bonchev–Trinajstić information content (AvgIpc) is 2.16. The third kappa shape index (κ3) is 4.85. The van der Waals surface area contributed by atoms with E-state index in [0.717, 1.165) is 24.7 Å². The number of hydrogen-bond donors (Lipinski definition) is 1. The van der Waals surface area contributed by atoms with E-state index in [1.807, 2.05) is 6.92 Å². The molecule has 0 unspecified atom stereocenters. The maximum atomic E-state index is 10.5. The fraction of sp³-hybridized carbons (Fsp3) is 0.500. The maximum Gasteiger partial charge on any atom is 0.294 e. The Morgan fingerprint density at radius 3 is 2.06 bits per heavy atom. The highest BCUT2D eigenvalue weighted by Crippen LogP contribution is 2.12. The SMILES string of the molecule is CCC1COC1.Cc1ccc(S(=O)(=O)O)cc1. The molecule has 0 aromatic heterocycles. The average molecular weight is 258 g/mol.